The van der Waals surface area contributed by atoms with Crippen LogP contribution < -0.4 is 10.2 Å². The van der Waals surface area contributed by atoms with E-state index in [1.165, 1.54) is 0 Å². The number of carbonyl (C=O) groups excluding carboxylic acids is 2. The van der Waals surface area contributed by atoms with Gasteiger partial charge in [-0.2, -0.15) is 0 Å². The van der Waals surface area contributed by atoms with Gasteiger partial charge in [-0.25, -0.2) is 4.98 Å². The third-order valence-corrected chi connectivity index (χ3v) is 5.20. The highest BCUT2D eigenvalue weighted by Crippen LogP contribution is 2.25. The van der Waals surface area contributed by atoms with E-state index in [9.17, 15) is 9.59 Å². The summed E-state index contributed by atoms with van der Waals surface area (Å²) in [6, 6.07) is 9.71. The SMILES string of the molecule is O=C(NC[C@H]1CC(=O)N(c2ccccc2)C1)[C@@H]1CCc2nc[nH]c2C1. The number of nitrogens with zero attached hydrogens (tertiary/aromatic N) is 2. The largest absolute Gasteiger partial charge is 0.355 e. The van der Waals surface area contributed by atoms with Crippen LogP contribution in [0, 0.1) is 11.8 Å². The Bertz CT molecular complexity index is 771. The van der Waals surface area contributed by atoms with Gasteiger partial charge in [0.1, 0.15) is 0 Å². The summed E-state index contributed by atoms with van der Waals surface area (Å²) in [5.74, 6) is 0.384. The van der Waals surface area contributed by atoms with Crippen molar-refractivity contribution in [1.29, 1.82) is 0 Å². The molecule has 0 bridgehead atoms. The second kappa shape index (κ2) is 6.70. The molecule has 0 saturated carbocycles. The van der Waals surface area contributed by atoms with E-state index in [0.717, 1.165) is 36.3 Å². The monoisotopic (exact) mass is 338 g/mol. The molecule has 1 fully saturated rings. The lowest BCUT2D eigenvalue weighted by atomic mass is 9.89. The Balaban J connectivity index is 1.30. The fraction of sp³-hybridized carbons (Fsp3) is 0.421. The zero-order chi connectivity index (χ0) is 17.2. The van der Waals surface area contributed by atoms with Crippen molar-refractivity contribution in [3.05, 3.63) is 48.0 Å². The number of para-hydroxylation sites is 1. The average Bonchev–Trinajstić information content (AvgIpc) is 3.26. The van der Waals surface area contributed by atoms with Crippen molar-refractivity contribution in [2.75, 3.05) is 18.0 Å². The Kier molecular flexibility index (Phi) is 4.26. The van der Waals surface area contributed by atoms with E-state index < -0.39 is 0 Å². The van der Waals surface area contributed by atoms with Gasteiger partial charge >= 0.3 is 0 Å². The molecule has 0 spiro atoms. The maximum Gasteiger partial charge on any atom is 0.227 e. The van der Waals surface area contributed by atoms with Crippen molar-refractivity contribution >= 4 is 17.5 Å². The number of nitrogens with one attached hydrogen (secondary N) is 2. The van der Waals surface area contributed by atoms with Crippen molar-refractivity contribution in [3.8, 4) is 0 Å². The van der Waals surface area contributed by atoms with Gasteiger partial charge in [0.2, 0.25) is 11.8 Å². The lowest BCUT2D eigenvalue weighted by molar-refractivity contribution is -0.125. The van der Waals surface area contributed by atoms with Gasteiger partial charge in [-0.05, 0) is 25.0 Å². The van der Waals surface area contributed by atoms with E-state index in [1.807, 2.05) is 35.2 Å². The lowest BCUT2D eigenvalue weighted by Gasteiger charge is -2.21. The quantitative estimate of drug-likeness (QED) is 0.890. The molecule has 2 amide bonds. The van der Waals surface area contributed by atoms with Gasteiger partial charge in [-0.1, -0.05) is 18.2 Å². The molecule has 1 aromatic carbocycles. The summed E-state index contributed by atoms with van der Waals surface area (Å²) in [5, 5.41) is 3.06. The average molecular weight is 338 g/mol. The number of fused-ring (bicyclic) bond motifs is 1. The highest BCUT2D eigenvalue weighted by atomic mass is 16.2. The molecule has 2 heterocycles. The van der Waals surface area contributed by atoms with Gasteiger partial charge in [0, 0.05) is 49.1 Å². The minimum atomic E-state index is -0.00437. The minimum absolute atomic E-state index is 0.00437. The maximum absolute atomic E-state index is 12.5. The molecule has 2 aliphatic rings. The number of aryl methyl sites for hydroxylation is 1. The summed E-state index contributed by atoms with van der Waals surface area (Å²) in [6.07, 6.45) is 4.60. The fourth-order valence-electron chi connectivity index (χ4n) is 3.79. The summed E-state index contributed by atoms with van der Waals surface area (Å²) in [5.41, 5.74) is 3.10. The molecule has 6 heteroatoms. The maximum atomic E-state index is 12.5. The van der Waals surface area contributed by atoms with Gasteiger partial charge in [0.15, 0.2) is 0 Å². The molecule has 1 saturated heterocycles. The van der Waals surface area contributed by atoms with E-state index in [-0.39, 0.29) is 23.7 Å². The Labute approximate surface area is 146 Å². The Hall–Kier alpha value is -2.63. The molecule has 1 aliphatic heterocycles. The van der Waals surface area contributed by atoms with E-state index in [0.29, 0.717) is 19.5 Å². The number of aromatic nitrogens is 2. The fourth-order valence-corrected chi connectivity index (χ4v) is 3.79. The number of imidazole rings is 1. The zero-order valence-electron chi connectivity index (χ0n) is 14.1. The third-order valence-electron chi connectivity index (χ3n) is 5.20. The van der Waals surface area contributed by atoms with Crippen LogP contribution in [0.25, 0.3) is 0 Å². The smallest absolute Gasteiger partial charge is 0.227 e. The molecule has 2 aromatic rings. The van der Waals surface area contributed by atoms with E-state index in [1.54, 1.807) is 6.33 Å². The van der Waals surface area contributed by atoms with E-state index in [2.05, 4.69) is 15.3 Å². The molecule has 4 rings (SSSR count). The lowest BCUT2D eigenvalue weighted by Crippen LogP contribution is -2.37. The van der Waals surface area contributed by atoms with Crippen LogP contribution in [0.2, 0.25) is 0 Å². The molecule has 130 valence electrons. The van der Waals surface area contributed by atoms with Crippen molar-refractivity contribution in [2.24, 2.45) is 11.8 Å². The number of anilines is 1. The number of H-pyrrole nitrogens is 1. The van der Waals surface area contributed by atoms with Crippen LogP contribution in [0.5, 0.6) is 0 Å². The molecule has 6 nitrogen and oxygen atoms in total. The van der Waals surface area contributed by atoms with Crippen molar-refractivity contribution in [2.45, 2.75) is 25.7 Å². The van der Waals surface area contributed by atoms with Crippen LogP contribution in [0.4, 0.5) is 5.69 Å². The standard InChI is InChI=1S/C19H22N4O2/c24-18-8-13(11-23(18)15-4-2-1-3-5-15)10-20-19(25)14-6-7-16-17(9-14)22-12-21-16/h1-5,12-14H,6-11H2,(H,20,25)(H,21,22)/t13-,14-/m1/s1. The van der Waals surface area contributed by atoms with Gasteiger partial charge in [0.25, 0.3) is 0 Å². The normalized spacial score (nSPS) is 22.7. The van der Waals surface area contributed by atoms with Crippen LogP contribution >= 0.6 is 0 Å². The molecule has 2 atom stereocenters. The summed E-state index contributed by atoms with van der Waals surface area (Å²) in [7, 11) is 0. The van der Waals surface area contributed by atoms with Gasteiger partial charge in [-0.3, -0.25) is 9.59 Å². The minimum Gasteiger partial charge on any atom is -0.355 e. The Morgan fingerprint density at radius 2 is 2.12 bits per heavy atom. The summed E-state index contributed by atoms with van der Waals surface area (Å²) in [4.78, 5) is 33.9. The third kappa shape index (κ3) is 3.29. The molecule has 0 radical (unpaired) electrons. The van der Waals surface area contributed by atoms with E-state index >= 15 is 0 Å². The van der Waals surface area contributed by atoms with Gasteiger partial charge < -0.3 is 15.2 Å². The molecular weight excluding hydrogens is 316 g/mol. The number of amides is 2. The van der Waals surface area contributed by atoms with Crippen LogP contribution in [-0.2, 0) is 22.4 Å². The van der Waals surface area contributed by atoms with E-state index in [4.69, 9.17) is 0 Å². The molecule has 1 aliphatic carbocycles. The first kappa shape index (κ1) is 15.9. The number of benzene rings is 1. The van der Waals surface area contributed by atoms with Crippen molar-refractivity contribution in [1.82, 2.24) is 15.3 Å². The van der Waals surface area contributed by atoms with Crippen LogP contribution in [-0.4, -0.2) is 34.9 Å². The highest BCUT2D eigenvalue weighted by molar-refractivity contribution is 5.95. The summed E-state index contributed by atoms with van der Waals surface area (Å²) < 4.78 is 0. The predicted octanol–water partition coefficient (Wildman–Crippen LogP) is 1.68. The predicted molar refractivity (Wildman–Crippen MR) is 94.0 cm³/mol. The van der Waals surface area contributed by atoms with Crippen LogP contribution in [0.3, 0.4) is 0 Å². The van der Waals surface area contributed by atoms with Gasteiger partial charge in [-0.15, -0.1) is 0 Å². The molecule has 1 aromatic heterocycles. The molecular formula is C19H22N4O2. The summed E-state index contributed by atoms with van der Waals surface area (Å²) >= 11 is 0. The first-order chi connectivity index (χ1) is 12.2. The number of aromatic amines is 1. The topological polar surface area (TPSA) is 78.1 Å². The number of rotatable bonds is 4. The zero-order valence-corrected chi connectivity index (χ0v) is 14.1. The molecule has 0 unspecified atom stereocenters. The molecule has 25 heavy (non-hydrogen) atoms. The second-order valence-electron chi connectivity index (χ2n) is 6.92. The Morgan fingerprint density at radius 1 is 1.28 bits per heavy atom. The molecule has 2 N–H and O–H groups in total. The van der Waals surface area contributed by atoms with Crippen molar-refractivity contribution < 1.29 is 9.59 Å². The first-order valence-corrected chi connectivity index (χ1v) is 8.85. The Morgan fingerprint density at radius 3 is 2.96 bits per heavy atom. The number of hydrogen-bond acceptors (Lipinski definition) is 3. The highest BCUT2D eigenvalue weighted by Gasteiger charge is 2.32. The number of carbonyl (C=O) groups is 2. The van der Waals surface area contributed by atoms with Gasteiger partial charge in [0.05, 0.1) is 12.0 Å². The summed E-state index contributed by atoms with van der Waals surface area (Å²) in [6.45, 7) is 1.22. The van der Waals surface area contributed by atoms with Crippen LogP contribution in [0.1, 0.15) is 24.2 Å². The first-order valence-electron chi connectivity index (χ1n) is 8.85. The number of hydrogen-bond donors (Lipinski definition) is 2. The van der Waals surface area contributed by atoms with Crippen LogP contribution in [0.15, 0.2) is 36.7 Å². The van der Waals surface area contributed by atoms with Crippen molar-refractivity contribution in [3.63, 3.8) is 0 Å². The second-order valence-corrected chi connectivity index (χ2v) is 6.92.